The van der Waals surface area contributed by atoms with Crippen molar-refractivity contribution in [1.29, 1.82) is 0 Å². The summed E-state index contributed by atoms with van der Waals surface area (Å²) in [6.45, 7) is 3.76. The molecule has 5 heteroatoms. The van der Waals surface area contributed by atoms with Crippen molar-refractivity contribution in [1.82, 2.24) is 5.43 Å². The molecule has 0 unspecified atom stereocenters. The molecule has 2 rings (SSSR count). The highest BCUT2D eigenvalue weighted by atomic mass is 79.9. The molecule has 0 bridgehead atoms. The minimum absolute atomic E-state index is 0.0693. The van der Waals surface area contributed by atoms with Crippen LogP contribution in [0.2, 0.25) is 0 Å². The van der Waals surface area contributed by atoms with Gasteiger partial charge in [0.05, 0.1) is 5.71 Å². The van der Waals surface area contributed by atoms with E-state index in [0.29, 0.717) is 5.75 Å². The number of carbonyl (C=O) groups is 1. The molecule has 0 atom stereocenters. The summed E-state index contributed by atoms with van der Waals surface area (Å²) in [5.41, 5.74) is 5.31. The van der Waals surface area contributed by atoms with Gasteiger partial charge >= 0.3 is 0 Å². The first-order valence-electron chi connectivity index (χ1n) is 6.83. The van der Waals surface area contributed by atoms with E-state index in [1.54, 1.807) is 0 Å². The van der Waals surface area contributed by atoms with E-state index < -0.39 is 0 Å². The molecule has 0 spiro atoms. The van der Waals surface area contributed by atoms with Crippen molar-refractivity contribution in [3.8, 4) is 5.75 Å². The van der Waals surface area contributed by atoms with Gasteiger partial charge in [-0.15, -0.1) is 0 Å². The maximum absolute atomic E-state index is 11.7. The van der Waals surface area contributed by atoms with Crippen LogP contribution in [0.4, 0.5) is 0 Å². The molecule has 114 valence electrons. The second kappa shape index (κ2) is 7.75. The number of nitrogens with one attached hydrogen (secondary N) is 1. The summed E-state index contributed by atoms with van der Waals surface area (Å²) >= 11 is 3.38. The van der Waals surface area contributed by atoms with Gasteiger partial charge in [0.15, 0.2) is 6.61 Å². The van der Waals surface area contributed by atoms with Crippen LogP contribution in [0.5, 0.6) is 5.75 Å². The van der Waals surface area contributed by atoms with Gasteiger partial charge in [-0.3, -0.25) is 4.79 Å². The summed E-state index contributed by atoms with van der Waals surface area (Å²) < 4.78 is 6.39. The Hall–Kier alpha value is -2.14. The fraction of sp³-hybridized carbons (Fsp3) is 0.176. The second-order valence-electron chi connectivity index (χ2n) is 4.84. The summed E-state index contributed by atoms with van der Waals surface area (Å²) in [6.07, 6.45) is 0. The van der Waals surface area contributed by atoms with Crippen molar-refractivity contribution >= 4 is 27.5 Å². The zero-order valence-electron chi connectivity index (χ0n) is 12.5. The average Bonchev–Trinajstić information content (AvgIpc) is 2.52. The Kier molecular flexibility index (Phi) is 5.72. The van der Waals surface area contributed by atoms with Crippen LogP contribution < -0.4 is 10.2 Å². The highest BCUT2D eigenvalue weighted by Gasteiger charge is 2.03. The van der Waals surface area contributed by atoms with E-state index in [-0.39, 0.29) is 12.5 Å². The van der Waals surface area contributed by atoms with Crippen LogP contribution >= 0.6 is 15.9 Å². The predicted molar refractivity (Wildman–Crippen MR) is 91.2 cm³/mol. The Labute approximate surface area is 138 Å². The van der Waals surface area contributed by atoms with Gasteiger partial charge in [-0.2, -0.15) is 5.10 Å². The summed E-state index contributed by atoms with van der Waals surface area (Å²) in [7, 11) is 0. The second-order valence-corrected chi connectivity index (χ2v) is 5.76. The Morgan fingerprint density at radius 2 is 1.77 bits per heavy atom. The van der Waals surface area contributed by atoms with E-state index in [2.05, 4.69) is 26.5 Å². The van der Waals surface area contributed by atoms with Crippen LogP contribution in [0.25, 0.3) is 0 Å². The Bertz CT molecular complexity index is 664. The lowest BCUT2D eigenvalue weighted by Gasteiger charge is -2.06. The first-order chi connectivity index (χ1) is 10.5. The smallest absolute Gasteiger partial charge is 0.277 e. The monoisotopic (exact) mass is 360 g/mol. The van der Waals surface area contributed by atoms with E-state index in [9.17, 15) is 4.79 Å². The van der Waals surface area contributed by atoms with Gasteiger partial charge in [0.25, 0.3) is 5.91 Å². The third kappa shape index (κ3) is 5.00. The van der Waals surface area contributed by atoms with Crippen molar-refractivity contribution in [2.45, 2.75) is 13.8 Å². The van der Waals surface area contributed by atoms with Gasteiger partial charge in [0.1, 0.15) is 5.75 Å². The van der Waals surface area contributed by atoms with Crippen LogP contribution in [0.3, 0.4) is 0 Å². The number of aryl methyl sites for hydroxylation is 1. The largest absolute Gasteiger partial charge is 0.484 e. The lowest BCUT2D eigenvalue weighted by Crippen LogP contribution is -2.25. The van der Waals surface area contributed by atoms with Crippen molar-refractivity contribution < 1.29 is 9.53 Å². The maximum atomic E-state index is 11.7. The molecule has 0 radical (unpaired) electrons. The topological polar surface area (TPSA) is 50.7 Å². The minimum Gasteiger partial charge on any atom is -0.484 e. The van der Waals surface area contributed by atoms with Gasteiger partial charge in [-0.1, -0.05) is 45.8 Å². The van der Waals surface area contributed by atoms with Crippen LogP contribution in [-0.2, 0) is 4.79 Å². The Morgan fingerprint density at radius 3 is 2.41 bits per heavy atom. The van der Waals surface area contributed by atoms with E-state index in [1.165, 1.54) is 0 Å². The summed E-state index contributed by atoms with van der Waals surface area (Å²) in [4.78, 5) is 11.7. The van der Waals surface area contributed by atoms with Crippen LogP contribution in [0, 0.1) is 6.92 Å². The molecule has 0 aliphatic rings. The summed E-state index contributed by atoms with van der Waals surface area (Å²) in [5, 5.41) is 4.07. The number of rotatable bonds is 5. The lowest BCUT2D eigenvalue weighted by atomic mass is 10.1. The number of amides is 1. The fourth-order valence-electron chi connectivity index (χ4n) is 1.72. The van der Waals surface area contributed by atoms with E-state index in [1.807, 2.05) is 62.4 Å². The number of halogens is 1. The molecule has 0 saturated carbocycles. The predicted octanol–water partition coefficient (Wildman–Crippen LogP) is 3.68. The zero-order valence-corrected chi connectivity index (χ0v) is 14.1. The van der Waals surface area contributed by atoms with Crippen molar-refractivity contribution in [3.63, 3.8) is 0 Å². The van der Waals surface area contributed by atoms with Gasteiger partial charge in [-0.05, 0) is 43.7 Å². The Balaban J connectivity index is 1.85. The van der Waals surface area contributed by atoms with E-state index >= 15 is 0 Å². The maximum Gasteiger partial charge on any atom is 0.277 e. The summed E-state index contributed by atoms with van der Waals surface area (Å²) in [6, 6.07) is 15.2. The molecule has 1 amide bonds. The molecule has 0 aliphatic carbocycles. The first kappa shape index (κ1) is 16.2. The molecule has 2 aromatic rings. The minimum atomic E-state index is -0.294. The average molecular weight is 361 g/mol. The standard InChI is InChI=1S/C17H17BrN2O2/c1-12-3-9-16(10-4-12)22-11-17(21)20-19-13(2)14-5-7-15(18)8-6-14/h3-10H,11H2,1-2H3,(H,20,21)/b19-13-. The molecular weight excluding hydrogens is 344 g/mol. The molecular formula is C17H17BrN2O2. The van der Waals surface area contributed by atoms with Gasteiger partial charge in [0.2, 0.25) is 0 Å². The number of ether oxygens (including phenoxy) is 1. The first-order valence-corrected chi connectivity index (χ1v) is 7.62. The van der Waals surface area contributed by atoms with E-state index in [4.69, 9.17) is 4.74 Å². The molecule has 0 saturated heterocycles. The third-order valence-corrected chi connectivity index (χ3v) is 3.53. The third-order valence-electron chi connectivity index (χ3n) is 3.00. The quantitative estimate of drug-likeness (QED) is 0.653. The van der Waals surface area contributed by atoms with Crippen LogP contribution in [0.1, 0.15) is 18.1 Å². The Morgan fingerprint density at radius 1 is 1.14 bits per heavy atom. The number of hydrazone groups is 1. The number of hydrogen-bond acceptors (Lipinski definition) is 3. The number of hydrogen-bond donors (Lipinski definition) is 1. The SMILES string of the molecule is C/C(=N/NC(=O)COc1ccc(C)cc1)c1ccc(Br)cc1. The van der Waals surface area contributed by atoms with Gasteiger partial charge in [-0.25, -0.2) is 5.43 Å². The highest BCUT2D eigenvalue weighted by Crippen LogP contribution is 2.12. The molecule has 0 heterocycles. The summed E-state index contributed by atoms with van der Waals surface area (Å²) in [5.74, 6) is 0.367. The van der Waals surface area contributed by atoms with Gasteiger partial charge < -0.3 is 4.74 Å². The van der Waals surface area contributed by atoms with Crippen molar-refractivity contribution in [2.24, 2.45) is 5.10 Å². The molecule has 1 N–H and O–H groups in total. The van der Waals surface area contributed by atoms with Crippen molar-refractivity contribution in [2.75, 3.05) is 6.61 Å². The zero-order chi connectivity index (χ0) is 15.9. The van der Waals surface area contributed by atoms with Gasteiger partial charge in [0, 0.05) is 4.47 Å². The van der Waals surface area contributed by atoms with Crippen molar-refractivity contribution in [3.05, 3.63) is 64.1 Å². The number of nitrogens with zero attached hydrogens (tertiary/aromatic N) is 1. The van der Waals surface area contributed by atoms with Crippen LogP contribution in [-0.4, -0.2) is 18.2 Å². The lowest BCUT2D eigenvalue weighted by molar-refractivity contribution is -0.123. The fourth-order valence-corrected chi connectivity index (χ4v) is 1.98. The molecule has 0 aromatic heterocycles. The molecule has 4 nitrogen and oxygen atoms in total. The number of carbonyl (C=O) groups excluding carboxylic acids is 1. The molecule has 0 aliphatic heterocycles. The molecule has 2 aromatic carbocycles. The molecule has 22 heavy (non-hydrogen) atoms. The van der Waals surface area contributed by atoms with Crippen LogP contribution in [0.15, 0.2) is 58.1 Å². The molecule has 0 fully saturated rings. The highest BCUT2D eigenvalue weighted by molar-refractivity contribution is 9.10. The van der Waals surface area contributed by atoms with E-state index in [0.717, 1.165) is 21.3 Å². The normalized spacial score (nSPS) is 11.1. The number of benzene rings is 2.